The Morgan fingerprint density at radius 3 is 2.70 bits per heavy atom. The van der Waals surface area contributed by atoms with Crippen LogP contribution in [-0.4, -0.2) is 55.2 Å². The third-order valence-electron chi connectivity index (χ3n) is 3.08. The van der Waals surface area contributed by atoms with Gasteiger partial charge in [-0.15, -0.1) is 0 Å². The summed E-state index contributed by atoms with van der Waals surface area (Å²) >= 11 is 0. The van der Waals surface area contributed by atoms with E-state index in [9.17, 15) is 9.59 Å². The van der Waals surface area contributed by atoms with Crippen LogP contribution in [0.1, 0.15) is 6.92 Å². The molecule has 1 aliphatic rings. The summed E-state index contributed by atoms with van der Waals surface area (Å²) in [4.78, 5) is 30.0. The van der Waals surface area contributed by atoms with Gasteiger partial charge in [0, 0.05) is 26.2 Å². The number of piperazine rings is 1. The van der Waals surface area contributed by atoms with Crippen LogP contribution in [0.25, 0.3) is 0 Å². The molecule has 2 heterocycles. The molecular weight excluding hydrogens is 260 g/mol. The molecule has 0 aromatic carbocycles. The van der Waals surface area contributed by atoms with Gasteiger partial charge in [-0.25, -0.2) is 9.78 Å². The van der Waals surface area contributed by atoms with Crippen molar-refractivity contribution in [3.05, 3.63) is 18.3 Å². The monoisotopic (exact) mass is 278 g/mol. The Kier molecular flexibility index (Phi) is 4.75. The van der Waals surface area contributed by atoms with Crippen molar-refractivity contribution in [3.8, 4) is 0 Å². The number of ether oxygens (including phenoxy) is 1. The molecule has 108 valence electrons. The summed E-state index contributed by atoms with van der Waals surface area (Å²) in [6.45, 7) is 5.06. The number of rotatable bonds is 4. The van der Waals surface area contributed by atoms with Crippen LogP contribution < -0.4 is 10.2 Å². The second-order valence-corrected chi connectivity index (χ2v) is 4.38. The van der Waals surface area contributed by atoms with Crippen LogP contribution in [0.15, 0.2) is 18.3 Å². The van der Waals surface area contributed by atoms with Gasteiger partial charge in [0.2, 0.25) is 6.41 Å². The first-order chi connectivity index (χ1) is 9.72. The lowest BCUT2D eigenvalue weighted by Crippen LogP contribution is -2.45. The summed E-state index contributed by atoms with van der Waals surface area (Å²) in [6, 6.07) is 3.63. The maximum Gasteiger partial charge on any atom is 0.412 e. The Morgan fingerprint density at radius 2 is 2.15 bits per heavy atom. The number of nitrogens with one attached hydrogen (secondary N) is 1. The topological polar surface area (TPSA) is 74.8 Å². The molecule has 1 aromatic rings. The van der Waals surface area contributed by atoms with Crippen LogP contribution in [0.3, 0.4) is 0 Å². The molecule has 1 N–H and O–H groups in total. The summed E-state index contributed by atoms with van der Waals surface area (Å²) in [5.74, 6) is 0.457. The zero-order valence-electron chi connectivity index (χ0n) is 11.4. The minimum absolute atomic E-state index is 0.324. The normalized spacial score (nSPS) is 14.8. The zero-order valence-corrected chi connectivity index (χ0v) is 11.4. The van der Waals surface area contributed by atoms with Gasteiger partial charge in [0.15, 0.2) is 0 Å². The first-order valence-electron chi connectivity index (χ1n) is 6.57. The Hall–Kier alpha value is -2.31. The van der Waals surface area contributed by atoms with E-state index < -0.39 is 6.09 Å². The van der Waals surface area contributed by atoms with Crippen molar-refractivity contribution in [1.82, 2.24) is 9.88 Å². The van der Waals surface area contributed by atoms with Crippen molar-refractivity contribution < 1.29 is 14.3 Å². The van der Waals surface area contributed by atoms with E-state index in [-0.39, 0.29) is 0 Å². The molecule has 20 heavy (non-hydrogen) atoms. The maximum atomic E-state index is 11.2. The predicted octanol–water partition coefficient (Wildman–Crippen LogP) is 0.928. The molecule has 1 fully saturated rings. The smallest absolute Gasteiger partial charge is 0.412 e. The molecule has 0 spiro atoms. The third kappa shape index (κ3) is 3.59. The first-order valence-corrected chi connectivity index (χ1v) is 6.57. The van der Waals surface area contributed by atoms with Crippen molar-refractivity contribution in [2.75, 3.05) is 43.0 Å². The van der Waals surface area contributed by atoms with Crippen molar-refractivity contribution >= 4 is 24.0 Å². The average Bonchev–Trinajstić information content (AvgIpc) is 2.48. The summed E-state index contributed by atoms with van der Waals surface area (Å²) in [5.41, 5.74) is 0.977. The summed E-state index contributed by atoms with van der Waals surface area (Å²) in [5, 5.41) is 2.54. The number of hydrogen-bond acceptors (Lipinski definition) is 5. The predicted molar refractivity (Wildman–Crippen MR) is 74.7 cm³/mol. The van der Waals surface area contributed by atoms with Crippen LogP contribution in [-0.2, 0) is 9.53 Å². The van der Waals surface area contributed by atoms with Crippen LogP contribution in [0.4, 0.5) is 16.3 Å². The molecular formula is C13H18N4O3. The molecule has 0 radical (unpaired) electrons. The van der Waals surface area contributed by atoms with Gasteiger partial charge in [-0.2, -0.15) is 0 Å². The van der Waals surface area contributed by atoms with Crippen LogP contribution in [0, 0.1) is 0 Å². The van der Waals surface area contributed by atoms with E-state index in [0.29, 0.717) is 25.5 Å². The SMILES string of the molecule is CCOC(=O)Nc1ccc(N2CCN(C=O)CC2)cn1. The molecule has 1 aliphatic heterocycles. The van der Waals surface area contributed by atoms with Gasteiger partial charge in [0.05, 0.1) is 18.5 Å². The quantitative estimate of drug-likeness (QED) is 0.829. The van der Waals surface area contributed by atoms with E-state index in [2.05, 4.69) is 15.2 Å². The van der Waals surface area contributed by atoms with Gasteiger partial charge < -0.3 is 14.5 Å². The number of carbonyl (C=O) groups excluding carboxylic acids is 2. The van der Waals surface area contributed by atoms with Gasteiger partial charge in [0.1, 0.15) is 5.82 Å². The van der Waals surface area contributed by atoms with Gasteiger partial charge in [-0.1, -0.05) is 0 Å². The number of pyridine rings is 1. The molecule has 2 amide bonds. The second kappa shape index (κ2) is 6.74. The van der Waals surface area contributed by atoms with E-state index in [1.54, 1.807) is 24.1 Å². The Bertz CT molecular complexity index is 455. The molecule has 7 heteroatoms. The minimum atomic E-state index is -0.507. The molecule has 0 unspecified atom stereocenters. The standard InChI is InChI=1S/C13H18N4O3/c1-2-20-13(19)15-12-4-3-11(9-14-12)17-7-5-16(10-18)6-8-17/h3-4,9-10H,2,5-8H2,1H3,(H,14,15,19). The lowest BCUT2D eigenvalue weighted by Gasteiger charge is -2.33. The number of anilines is 2. The van der Waals surface area contributed by atoms with Crippen LogP contribution >= 0.6 is 0 Å². The molecule has 0 atom stereocenters. The highest BCUT2D eigenvalue weighted by atomic mass is 16.5. The number of aromatic nitrogens is 1. The fourth-order valence-corrected chi connectivity index (χ4v) is 2.00. The highest BCUT2D eigenvalue weighted by molar-refractivity contribution is 5.83. The number of hydrogen-bond donors (Lipinski definition) is 1. The Labute approximate surface area is 117 Å². The molecule has 0 saturated carbocycles. The number of carbonyl (C=O) groups is 2. The molecule has 7 nitrogen and oxygen atoms in total. The first kappa shape index (κ1) is 14.1. The van der Waals surface area contributed by atoms with Crippen molar-refractivity contribution in [3.63, 3.8) is 0 Å². The summed E-state index contributed by atoms with van der Waals surface area (Å²) in [6.07, 6.45) is 2.08. The fourth-order valence-electron chi connectivity index (χ4n) is 2.00. The minimum Gasteiger partial charge on any atom is -0.450 e. The van der Waals surface area contributed by atoms with Crippen LogP contribution in [0.5, 0.6) is 0 Å². The maximum absolute atomic E-state index is 11.2. The van der Waals surface area contributed by atoms with E-state index in [0.717, 1.165) is 25.2 Å². The van der Waals surface area contributed by atoms with Gasteiger partial charge in [0.25, 0.3) is 0 Å². The lowest BCUT2D eigenvalue weighted by molar-refractivity contribution is -0.118. The zero-order chi connectivity index (χ0) is 14.4. The van der Waals surface area contributed by atoms with Crippen molar-refractivity contribution in [2.45, 2.75) is 6.92 Å². The lowest BCUT2D eigenvalue weighted by atomic mass is 10.3. The number of nitrogens with zero attached hydrogens (tertiary/aromatic N) is 3. The molecule has 0 bridgehead atoms. The highest BCUT2D eigenvalue weighted by Gasteiger charge is 2.16. The number of amides is 2. The summed E-state index contributed by atoms with van der Waals surface area (Å²) < 4.78 is 4.78. The molecule has 2 rings (SSSR count). The van der Waals surface area contributed by atoms with E-state index in [4.69, 9.17) is 4.74 Å². The highest BCUT2D eigenvalue weighted by Crippen LogP contribution is 2.16. The fraction of sp³-hybridized carbons (Fsp3) is 0.462. The Morgan fingerprint density at radius 1 is 1.40 bits per heavy atom. The average molecular weight is 278 g/mol. The van der Waals surface area contributed by atoms with E-state index in [1.807, 2.05) is 6.07 Å². The second-order valence-electron chi connectivity index (χ2n) is 4.38. The van der Waals surface area contributed by atoms with E-state index in [1.165, 1.54) is 0 Å². The van der Waals surface area contributed by atoms with E-state index >= 15 is 0 Å². The van der Waals surface area contributed by atoms with Crippen molar-refractivity contribution in [1.29, 1.82) is 0 Å². The molecule has 1 saturated heterocycles. The largest absolute Gasteiger partial charge is 0.450 e. The van der Waals surface area contributed by atoms with Gasteiger partial charge in [-0.3, -0.25) is 10.1 Å². The van der Waals surface area contributed by atoms with Gasteiger partial charge >= 0.3 is 6.09 Å². The van der Waals surface area contributed by atoms with Crippen LogP contribution in [0.2, 0.25) is 0 Å². The third-order valence-corrected chi connectivity index (χ3v) is 3.08. The Balaban J connectivity index is 1.91. The summed E-state index contributed by atoms with van der Waals surface area (Å²) in [7, 11) is 0. The van der Waals surface area contributed by atoms with Crippen molar-refractivity contribution in [2.24, 2.45) is 0 Å². The molecule has 0 aliphatic carbocycles. The van der Waals surface area contributed by atoms with Gasteiger partial charge in [-0.05, 0) is 19.1 Å². The molecule has 1 aromatic heterocycles.